The molecule has 1 amide bonds. The van der Waals surface area contributed by atoms with Gasteiger partial charge in [-0.2, -0.15) is 0 Å². The smallest absolute Gasteiger partial charge is 0.236 e. The molecular weight excluding hydrogens is 262 g/mol. The number of carbonyl (C=O) groups excluding carboxylic acids is 1. The number of rotatable bonds is 7. The van der Waals surface area contributed by atoms with Gasteiger partial charge in [-0.3, -0.25) is 9.78 Å². The van der Waals surface area contributed by atoms with Crippen LogP contribution in [0.1, 0.15) is 17.5 Å². The Labute approximate surface area is 125 Å². The van der Waals surface area contributed by atoms with Crippen LogP contribution in [-0.4, -0.2) is 23.5 Å². The maximum absolute atomic E-state index is 11.9. The van der Waals surface area contributed by atoms with Gasteiger partial charge in [-0.15, -0.1) is 0 Å². The standard InChI is InChI=1S/C17H21N3O/c18-16(7-6-14-4-2-1-3-5-14)17(21)20-13-10-15-8-11-19-12-9-15/h1-5,8-9,11-12,16H,6-7,10,13,18H2,(H,20,21)/t16-/m0/s1. The summed E-state index contributed by atoms with van der Waals surface area (Å²) in [6.07, 6.45) is 5.77. The number of nitrogens with one attached hydrogen (secondary N) is 1. The first kappa shape index (κ1) is 15.2. The van der Waals surface area contributed by atoms with Gasteiger partial charge in [-0.1, -0.05) is 30.3 Å². The topological polar surface area (TPSA) is 68.0 Å². The number of nitrogens with zero attached hydrogens (tertiary/aromatic N) is 1. The Kier molecular flexibility index (Phi) is 5.91. The highest BCUT2D eigenvalue weighted by Crippen LogP contribution is 2.04. The predicted molar refractivity (Wildman–Crippen MR) is 83.7 cm³/mol. The van der Waals surface area contributed by atoms with Gasteiger partial charge in [0.15, 0.2) is 0 Å². The minimum Gasteiger partial charge on any atom is -0.354 e. The molecule has 0 spiro atoms. The lowest BCUT2D eigenvalue weighted by Crippen LogP contribution is -2.41. The molecule has 1 aromatic heterocycles. The summed E-state index contributed by atoms with van der Waals surface area (Å²) in [5, 5.41) is 2.88. The highest BCUT2D eigenvalue weighted by molar-refractivity contribution is 5.81. The van der Waals surface area contributed by atoms with Crippen molar-refractivity contribution in [2.75, 3.05) is 6.54 Å². The molecule has 0 unspecified atom stereocenters. The molecule has 0 aliphatic carbocycles. The van der Waals surface area contributed by atoms with Crippen molar-refractivity contribution in [1.82, 2.24) is 10.3 Å². The molecule has 3 N–H and O–H groups in total. The van der Waals surface area contributed by atoms with E-state index in [1.54, 1.807) is 12.4 Å². The minimum atomic E-state index is -0.456. The summed E-state index contributed by atoms with van der Waals surface area (Å²) in [6.45, 7) is 0.599. The molecule has 21 heavy (non-hydrogen) atoms. The van der Waals surface area contributed by atoms with Crippen LogP contribution in [0.3, 0.4) is 0 Å². The molecule has 110 valence electrons. The molecule has 2 rings (SSSR count). The molecule has 1 aromatic carbocycles. The number of hydrogen-bond acceptors (Lipinski definition) is 3. The van der Waals surface area contributed by atoms with Gasteiger partial charge >= 0.3 is 0 Å². The third-order valence-corrected chi connectivity index (χ3v) is 3.39. The third-order valence-electron chi connectivity index (χ3n) is 3.39. The lowest BCUT2D eigenvalue weighted by Gasteiger charge is -2.12. The van der Waals surface area contributed by atoms with Crippen LogP contribution in [0.15, 0.2) is 54.9 Å². The van der Waals surface area contributed by atoms with E-state index in [4.69, 9.17) is 5.73 Å². The second kappa shape index (κ2) is 8.17. The van der Waals surface area contributed by atoms with Crippen molar-refractivity contribution >= 4 is 5.91 Å². The van der Waals surface area contributed by atoms with E-state index >= 15 is 0 Å². The average Bonchev–Trinajstić information content (AvgIpc) is 2.54. The molecule has 4 nitrogen and oxygen atoms in total. The molecule has 1 atom stereocenters. The van der Waals surface area contributed by atoms with E-state index in [0.717, 1.165) is 18.4 Å². The van der Waals surface area contributed by atoms with Gasteiger partial charge in [0.2, 0.25) is 5.91 Å². The molecular formula is C17H21N3O. The maximum atomic E-state index is 11.9. The number of amides is 1. The van der Waals surface area contributed by atoms with E-state index in [0.29, 0.717) is 13.0 Å². The largest absolute Gasteiger partial charge is 0.354 e. The van der Waals surface area contributed by atoms with Crippen molar-refractivity contribution in [2.24, 2.45) is 5.73 Å². The molecule has 4 heteroatoms. The lowest BCUT2D eigenvalue weighted by molar-refractivity contribution is -0.122. The summed E-state index contributed by atoms with van der Waals surface area (Å²) in [4.78, 5) is 15.9. The van der Waals surface area contributed by atoms with Gasteiger partial charge in [0, 0.05) is 18.9 Å². The van der Waals surface area contributed by atoms with Crippen LogP contribution in [0.2, 0.25) is 0 Å². The van der Waals surface area contributed by atoms with E-state index in [2.05, 4.69) is 10.3 Å². The number of hydrogen-bond donors (Lipinski definition) is 2. The highest BCUT2D eigenvalue weighted by atomic mass is 16.2. The average molecular weight is 283 g/mol. The first-order valence-electron chi connectivity index (χ1n) is 7.22. The van der Waals surface area contributed by atoms with E-state index in [9.17, 15) is 4.79 Å². The quantitative estimate of drug-likeness (QED) is 0.812. The van der Waals surface area contributed by atoms with Crippen molar-refractivity contribution < 1.29 is 4.79 Å². The van der Waals surface area contributed by atoms with Gasteiger partial charge in [-0.05, 0) is 42.5 Å². The SMILES string of the molecule is N[C@@H](CCc1ccccc1)C(=O)NCCc1ccncc1. The van der Waals surface area contributed by atoms with Crippen molar-refractivity contribution in [3.05, 3.63) is 66.0 Å². The molecule has 0 saturated heterocycles. The van der Waals surface area contributed by atoms with E-state index in [-0.39, 0.29) is 5.91 Å². The Hall–Kier alpha value is -2.20. The van der Waals surface area contributed by atoms with E-state index in [1.165, 1.54) is 5.56 Å². The van der Waals surface area contributed by atoms with Gasteiger partial charge in [0.1, 0.15) is 0 Å². The van der Waals surface area contributed by atoms with Crippen molar-refractivity contribution in [3.63, 3.8) is 0 Å². The first-order valence-corrected chi connectivity index (χ1v) is 7.22. The van der Waals surface area contributed by atoms with Crippen LogP contribution in [0.4, 0.5) is 0 Å². The van der Waals surface area contributed by atoms with Crippen LogP contribution in [0.25, 0.3) is 0 Å². The Bertz CT molecular complexity index is 542. The second-order valence-electron chi connectivity index (χ2n) is 5.03. The summed E-state index contributed by atoms with van der Waals surface area (Å²) in [5.74, 6) is -0.0833. The zero-order valence-corrected chi connectivity index (χ0v) is 12.0. The van der Waals surface area contributed by atoms with Crippen molar-refractivity contribution in [1.29, 1.82) is 0 Å². The molecule has 2 aromatic rings. The summed E-state index contributed by atoms with van der Waals surface area (Å²) in [6, 6.07) is 13.5. The fraction of sp³-hybridized carbons (Fsp3) is 0.294. The van der Waals surface area contributed by atoms with E-state index < -0.39 is 6.04 Å². The Balaban J connectivity index is 1.68. The Morgan fingerprint density at radius 3 is 2.43 bits per heavy atom. The lowest BCUT2D eigenvalue weighted by atomic mass is 10.1. The summed E-state index contributed by atoms with van der Waals surface area (Å²) in [5.41, 5.74) is 8.28. The maximum Gasteiger partial charge on any atom is 0.236 e. The number of benzene rings is 1. The Morgan fingerprint density at radius 1 is 1.05 bits per heavy atom. The third kappa shape index (κ3) is 5.36. The summed E-state index contributed by atoms with van der Waals surface area (Å²) < 4.78 is 0. The minimum absolute atomic E-state index is 0.0833. The van der Waals surface area contributed by atoms with Gasteiger partial charge < -0.3 is 11.1 Å². The summed E-state index contributed by atoms with van der Waals surface area (Å²) in [7, 11) is 0. The molecule has 0 bridgehead atoms. The van der Waals surface area contributed by atoms with Crippen molar-refractivity contribution in [2.45, 2.75) is 25.3 Å². The molecule has 0 fully saturated rings. The number of nitrogens with two attached hydrogens (primary N) is 1. The zero-order valence-electron chi connectivity index (χ0n) is 12.0. The molecule has 0 radical (unpaired) electrons. The number of aryl methyl sites for hydroxylation is 1. The zero-order chi connectivity index (χ0) is 14.9. The van der Waals surface area contributed by atoms with Crippen LogP contribution in [0.5, 0.6) is 0 Å². The first-order chi connectivity index (χ1) is 10.3. The van der Waals surface area contributed by atoms with Crippen molar-refractivity contribution in [3.8, 4) is 0 Å². The Morgan fingerprint density at radius 2 is 1.71 bits per heavy atom. The number of pyridine rings is 1. The monoisotopic (exact) mass is 283 g/mol. The van der Waals surface area contributed by atoms with E-state index in [1.807, 2.05) is 42.5 Å². The van der Waals surface area contributed by atoms with Crippen LogP contribution in [-0.2, 0) is 17.6 Å². The van der Waals surface area contributed by atoms with Gasteiger partial charge in [-0.25, -0.2) is 0 Å². The molecule has 0 saturated carbocycles. The van der Waals surface area contributed by atoms with Crippen LogP contribution >= 0.6 is 0 Å². The number of carbonyl (C=O) groups is 1. The predicted octanol–water partition coefficient (Wildman–Crippen LogP) is 1.70. The highest BCUT2D eigenvalue weighted by Gasteiger charge is 2.12. The summed E-state index contributed by atoms with van der Waals surface area (Å²) >= 11 is 0. The number of aromatic nitrogens is 1. The fourth-order valence-electron chi connectivity index (χ4n) is 2.11. The van der Waals surface area contributed by atoms with Gasteiger partial charge in [0.25, 0.3) is 0 Å². The van der Waals surface area contributed by atoms with Crippen LogP contribution < -0.4 is 11.1 Å². The molecule has 0 aliphatic rings. The van der Waals surface area contributed by atoms with Gasteiger partial charge in [0.05, 0.1) is 6.04 Å². The van der Waals surface area contributed by atoms with Crippen LogP contribution in [0, 0.1) is 0 Å². The molecule has 0 aliphatic heterocycles. The molecule has 1 heterocycles. The second-order valence-corrected chi connectivity index (χ2v) is 5.03. The fourth-order valence-corrected chi connectivity index (χ4v) is 2.11. The normalized spacial score (nSPS) is 11.9.